The molecule has 0 aromatic carbocycles. The second-order valence-electron chi connectivity index (χ2n) is 11.8. The molecule has 4 amide bonds. The normalized spacial score (nSPS) is 24.2. The highest BCUT2D eigenvalue weighted by molar-refractivity contribution is 7.53. The second-order valence-corrected chi connectivity index (χ2v) is 13.7. The van der Waals surface area contributed by atoms with Crippen LogP contribution < -0.4 is 22.1 Å². The standard InChI is InChI=1S/C28H52N5O8P/c1-3-4-16-24(32-26(35)22(14-5-7-17-29)31-25(34)21-12-9-13-21)42(39,40)41-23(15-6-8-18-30)27(36)33(28(37)38)19-10-11-20(33)2/h20-24H,3-19,29-30H2,1-2H3,(H3-,31,32,34,35,37,38,39,40)/p+1/t20-,22+,23?,24+,33?/m1/s1. The van der Waals surface area contributed by atoms with Crippen LogP contribution in [0.2, 0.25) is 0 Å². The highest BCUT2D eigenvalue weighted by atomic mass is 31.2. The van der Waals surface area contributed by atoms with Crippen molar-refractivity contribution in [2.45, 2.75) is 128 Å². The van der Waals surface area contributed by atoms with E-state index in [1.165, 1.54) is 0 Å². The lowest BCUT2D eigenvalue weighted by Gasteiger charge is -2.34. The van der Waals surface area contributed by atoms with Gasteiger partial charge in [0.25, 0.3) is 0 Å². The fourth-order valence-corrected chi connectivity index (χ4v) is 7.20. The van der Waals surface area contributed by atoms with Gasteiger partial charge in [0.05, 0.1) is 6.54 Å². The maximum atomic E-state index is 13.8. The highest BCUT2D eigenvalue weighted by Gasteiger charge is 2.56. The number of nitrogens with zero attached hydrogens (tertiary/aromatic N) is 1. The molecular formula is C28H53N5O8P+. The largest absolute Gasteiger partial charge is 0.521 e. The number of imide groups is 1. The summed E-state index contributed by atoms with van der Waals surface area (Å²) in [6.07, 6.45) is 4.48. The van der Waals surface area contributed by atoms with Gasteiger partial charge in [-0.3, -0.25) is 18.7 Å². The Morgan fingerprint density at radius 2 is 1.60 bits per heavy atom. The molecule has 3 unspecified atom stereocenters. The Labute approximate surface area is 249 Å². The van der Waals surface area contributed by atoms with E-state index in [4.69, 9.17) is 16.0 Å². The summed E-state index contributed by atoms with van der Waals surface area (Å²) in [5.41, 5.74) is 11.2. The number of hydrogen-bond donors (Lipinski definition) is 6. The van der Waals surface area contributed by atoms with Gasteiger partial charge in [-0.05, 0) is 77.8 Å². The van der Waals surface area contributed by atoms with Crippen LogP contribution in [0, 0.1) is 5.92 Å². The van der Waals surface area contributed by atoms with Crippen molar-refractivity contribution >= 4 is 31.4 Å². The number of nitrogens with one attached hydrogen (secondary N) is 2. The van der Waals surface area contributed by atoms with E-state index in [0.29, 0.717) is 70.9 Å². The molecule has 13 nitrogen and oxygen atoms in total. The SMILES string of the molecule is CCCC[C@@H](NC(=O)[C@H](CCCCN)NC(=O)C1CCC1)P(=O)(O)OC(CCCCN)C(=O)[N+]1(C(=O)O)CCC[C@H]1C. The molecule has 42 heavy (non-hydrogen) atoms. The number of amides is 4. The summed E-state index contributed by atoms with van der Waals surface area (Å²) in [7, 11) is -4.70. The van der Waals surface area contributed by atoms with Gasteiger partial charge in [0, 0.05) is 18.8 Å². The Morgan fingerprint density at radius 1 is 0.952 bits per heavy atom. The summed E-state index contributed by atoms with van der Waals surface area (Å²) in [5, 5.41) is 15.5. The summed E-state index contributed by atoms with van der Waals surface area (Å²) in [5.74, 6) is -3.08. The van der Waals surface area contributed by atoms with Crippen molar-refractivity contribution in [2.24, 2.45) is 17.4 Å². The van der Waals surface area contributed by atoms with Crippen molar-refractivity contribution in [1.29, 1.82) is 0 Å². The van der Waals surface area contributed by atoms with E-state index in [9.17, 15) is 33.7 Å². The predicted molar refractivity (Wildman–Crippen MR) is 158 cm³/mol. The molecule has 0 spiro atoms. The topological polar surface area (TPSA) is 211 Å². The van der Waals surface area contributed by atoms with E-state index in [-0.39, 0.29) is 31.2 Å². The second kappa shape index (κ2) is 17.4. The zero-order valence-electron chi connectivity index (χ0n) is 25.3. The van der Waals surface area contributed by atoms with Gasteiger partial charge < -0.3 is 32.1 Å². The molecule has 6 atom stereocenters. The molecule has 0 aromatic rings. The van der Waals surface area contributed by atoms with E-state index >= 15 is 0 Å². The summed E-state index contributed by atoms with van der Waals surface area (Å²) in [6.45, 7) is 4.41. The van der Waals surface area contributed by atoms with E-state index in [2.05, 4.69) is 10.6 Å². The van der Waals surface area contributed by atoms with Gasteiger partial charge in [-0.1, -0.05) is 26.2 Å². The average Bonchev–Trinajstić information content (AvgIpc) is 3.30. The Hall–Kier alpha value is -1.89. The molecule has 2 fully saturated rings. The van der Waals surface area contributed by atoms with E-state index in [0.717, 1.165) is 19.3 Å². The Morgan fingerprint density at radius 3 is 2.10 bits per heavy atom. The number of unbranched alkanes of at least 4 members (excludes halogenated alkanes) is 3. The number of likely N-dealkylation sites (tertiary alicyclic amines) is 1. The maximum Gasteiger partial charge on any atom is 0.521 e. The lowest BCUT2D eigenvalue weighted by Crippen LogP contribution is -2.62. The first-order valence-electron chi connectivity index (χ1n) is 15.6. The lowest BCUT2D eigenvalue weighted by molar-refractivity contribution is -0.794. The zero-order valence-corrected chi connectivity index (χ0v) is 26.2. The number of nitrogens with two attached hydrogens (primary N) is 2. The van der Waals surface area contributed by atoms with Crippen LogP contribution in [0.3, 0.4) is 0 Å². The van der Waals surface area contributed by atoms with E-state index in [1.807, 2.05) is 6.92 Å². The van der Waals surface area contributed by atoms with Crippen LogP contribution in [0.1, 0.15) is 104 Å². The van der Waals surface area contributed by atoms with Crippen molar-refractivity contribution in [1.82, 2.24) is 10.6 Å². The summed E-state index contributed by atoms with van der Waals surface area (Å²) in [4.78, 5) is 63.5. The van der Waals surface area contributed by atoms with Crippen LogP contribution in [0.5, 0.6) is 0 Å². The van der Waals surface area contributed by atoms with Gasteiger partial charge >= 0.3 is 19.6 Å². The van der Waals surface area contributed by atoms with Crippen molar-refractivity contribution < 1.29 is 42.7 Å². The predicted octanol–water partition coefficient (Wildman–Crippen LogP) is 2.94. The monoisotopic (exact) mass is 618 g/mol. The first kappa shape index (κ1) is 36.3. The molecule has 242 valence electrons. The molecular weight excluding hydrogens is 565 g/mol. The first-order valence-corrected chi connectivity index (χ1v) is 17.3. The lowest BCUT2D eigenvalue weighted by atomic mass is 9.84. The molecule has 2 aliphatic rings. The van der Waals surface area contributed by atoms with Crippen molar-refractivity contribution in [2.75, 3.05) is 19.6 Å². The zero-order chi connectivity index (χ0) is 31.3. The van der Waals surface area contributed by atoms with Crippen LogP contribution in [0.4, 0.5) is 4.79 Å². The molecule has 0 aromatic heterocycles. The van der Waals surface area contributed by atoms with Gasteiger partial charge in [0.15, 0.2) is 6.10 Å². The van der Waals surface area contributed by atoms with E-state index in [1.54, 1.807) is 6.92 Å². The third-order valence-corrected chi connectivity index (χ3v) is 10.4. The van der Waals surface area contributed by atoms with Crippen LogP contribution >= 0.6 is 7.60 Å². The van der Waals surface area contributed by atoms with Crippen LogP contribution in [-0.2, 0) is 23.5 Å². The van der Waals surface area contributed by atoms with Crippen LogP contribution in [0.25, 0.3) is 0 Å². The number of rotatable bonds is 19. The molecule has 1 aliphatic heterocycles. The molecule has 0 radical (unpaired) electrons. The molecule has 2 rings (SSSR count). The number of carboxylic acid groups (broad SMARTS) is 1. The molecule has 14 heteroatoms. The summed E-state index contributed by atoms with van der Waals surface area (Å²) in [6, 6.07) is -1.43. The molecule has 8 N–H and O–H groups in total. The number of quaternary nitrogens is 1. The maximum absolute atomic E-state index is 13.8. The van der Waals surface area contributed by atoms with Crippen molar-refractivity contribution in [3.63, 3.8) is 0 Å². The van der Waals surface area contributed by atoms with Gasteiger partial charge in [-0.15, -0.1) is 0 Å². The smallest absolute Gasteiger partial charge is 0.435 e. The third kappa shape index (κ3) is 9.56. The molecule has 1 aliphatic carbocycles. The average molecular weight is 619 g/mol. The molecule has 0 bridgehead atoms. The number of hydrogen-bond acceptors (Lipinski definition) is 8. The fraction of sp³-hybridized carbons (Fsp3) is 0.857. The molecule has 1 saturated heterocycles. The minimum Gasteiger partial charge on any atom is -0.435 e. The third-order valence-electron chi connectivity index (χ3n) is 8.68. The Bertz CT molecular complexity index is 965. The van der Waals surface area contributed by atoms with Gasteiger partial charge in [0.2, 0.25) is 11.8 Å². The van der Waals surface area contributed by atoms with Gasteiger partial charge in [-0.25, -0.2) is 4.79 Å². The Balaban J connectivity index is 2.29. The fourth-order valence-electron chi connectivity index (χ4n) is 5.69. The molecule has 1 saturated carbocycles. The van der Waals surface area contributed by atoms with Crippen LogP contribution in [-0.4, -0.2) is 81.9 Å². The minimum atomic E-state index is -4.70. The highest BCUT2D eigenvalue weighted by Crippen LogP contribution is 2.50. The minimum absolute atomic E-state index is 0.0220. The van der Waals surface area contributed by atoms with E-state index < -0.39 is 54.0 Å². The molecule has 1 heterocycles. The van der Waals surface area contributed by atoms with Gasteiger partial charge in [0.1, 0.15) is 17.9 Å². The van der Waals surface area contributed by atoms with Crippen molar-refractivity contribution in [3.05, 3.63) is 0 Å². The summed E-state index contributed by atoms with van der Waals surface area (Å²) >= 11 is 0. The Kier molecular flexibility index (Phi) is 15.1. The van der Waals surface area contributed by atoms with Crippen molar-refractivity contribution in [3.8, 4) is 0 Å². The first-order chi connectivity index (χ1) is 19.9. The quantitative estimate of drug-likeness (QED) is 0.0708. The number of carbonyl (C=O) groups excluding carboxylic acids is 3. The van der Waals surface area contributed by atoms with Crippen LogP contribution in [0.15, 0.2) is 0 Å². The van der Waals surface area contributed by atoms with Gasteiger partial charge in [-0.2, -0.15) is 9.28 Å². The number of carbonyl (C=O) groups is 4. The summed E-state index contributed by atoms with van der Waals surface area (Å²) < 4.78 is 18.7.